The van der Waals surface area contributed by atoms with Crippen molar-refractivity contribution in [1.82, 2.24) is 19.6 Å². The summed E-state index contributed by atoms with van der Waals surface area (Å²) in [4.78, 5) is 12.8. The number of nitrogens with zero attached hydrogens (tertiary/aromatic N) is 4. The van der Waals surface area contributed by atoms with Gasteiger partial charge in [0.15, 0.2) is 12.5 Å². The quantitative estimate of drug-likeness (QED) is 0.329. The number of para-hydroxylation sites is 1. The van der Waals surface area contributed by atoms with Gasteiger partial charge in [-0.05, 0) is 35.9 Å². The van der Waals surface area contributed by atoms with E-state index in [1.807, 2.05) is 0 Å². The van der Waals surface area contributed by atoms with Crippen molar-refractivity contribution < 1.29 is 9.53 Å². The molecule has 0 spiro atoms. The van der Waals surface area contributed by atoms with Crippen LogP contribution < -0.4 is 10.1 Å². The smallest absolute Gasteiger partial charge is 0.275 e. The molecule has 0 atom stereocenters. The Morgan fingerprint density at radius 2 is 1.81 bits per heavy atom. The summed E-state index contributed by atoms with van der Waals surface area (Å²) in [6.07, 6.45) is 3.09. The van der Waals surface area contributed by atoms with E-state index >= 15 is 0 Å². The minimum atomic E-state index is -0.443. The van der Waals surface area contributed by atoms with Crippen LogP contribution >= 0.6 is 46.4 Å². The predicted molar refractivity (Wildman–Crippen MR) is 125 cm³/mol. The fraction of sp³-hybridized carbons (Fsp3) is 0.0952. The molecule has 4 rings (SSSR count). The van der Waals surface area contributed by atoms with Crippen molar-refractivity contribution >= 4 is 58.1 Å². The molecule has 32 heavy (non-hydrogen) atoms. The first-order chi connectivity index (χ1) is 15.4. The average molecular weight is 511 g/mol. The average Bonchev–Trinajstić information content (AvgIpc) is 3.36. The first kappa shape index (κ1) is 22.5. The van der Waals surface area contributed by atoms with E-state index in [0.717, 1.165) is 5.56 Å². The Morgan fingerprint density at radius 3 is 2.59 bits per heavy atom. The standard InChI is InChI=1S/C21H15Cl4N5O2/c22-14-6-5-13(16(24)9-14)10-29-11-17(25)20(28-29)27-21(31)18-7-8-26-30(18)12-32-19-4-2-1-3-15(19)23/h1-9,11H,10,12H2,(H,27,28,31). The second-order valence-electron chi connectivity index (χ2n) is 6.63. The predicted octanol–water partition coefficient (Wildman–Crippen LogP) is 6.03. The Labute approximate surface area is 203 Å². The second kappa shape index (κ2) is 9.83. The van der Waals surface area contributed by atoms with Crippen molar-refractivity contribution in [3.05, 3.63) is 92.3 Å². The minimum Gasteiger partial charge on any atom is -0.470 e. The number of hydrogen-bond donors (Lipinski definition) is 1. The van der Waals surface area contributed by atoms with Gasteiger partial charge in [-0.2, -0.15) is 10.2 Å². The van der Waals surface area contributed by atoms with E-state index in [9.17, 15) is 4.79 Å². The molecule has 0 unspecified atom stereocenters. The molecule has 2 heterocycles. The van der Waals surface area contributed by atoms with Crippen LogP contribution in [0.25, 0.3) is 0 Å². The first-order valence-electron chi connectivity index (χ1n) is 9.28. The molecule has 2 aromatic heterocycles. The fourth-order valence-electron chi connectivity index (χ4n) is 2.88. The molecule has 0 radical (unpaired) electrons. The van der Waals surface area contributed by atoms with Gasteiger partial charge in [0.05, 0.1) is 11.6 Å². The molecule has 0 aliphatic heterocycles. The third kappa shape index (κ3) is 5.19. The Kier molecular flexibility index (Phi) is 6.91. The van der Waals surface area contributed by atoms with Gasteiger partial charge < -0.3 is 10.1 Å². The summed E-state index contributed by atoms with van der Waals surface area (Å²) in [6.45, 7) is 0.353. The topological polar surface area (TPSA) is 74.0 Å². The van der Waals surface area contributed by atoms with Crippen LogP contribution in [0.2, 0.25) is 20.1 Å². The molecule has 11 heteroatoms. The van der Waals surface area contributed by atoms with E-state index in [1.165, 1.54) is 10.9 Å². The number of benzene rings is 2. The van der Waals surface area contributed by atoms with Crippen LogP contribution in [0.1, 0.15) is 16.1 Å². The molecule has 0 saturated carbocycles. The molecular formula is C21H15Cl4N5O2. The van der Waals surface area contributed by atoms with E-state index in [4.69, 9.17) is 51.1 Å². The molecule has 0 bridgehead atoms. The number of anilines is 1. The zero-order chi connectivity index (χ0) is 22.7. The summed E-state index contributed by atoms with van der Waals surface area (Å²) in [5.41, 5.74) is 1.08. The lowest BCUT2D eigenvalue weighted by Gasteiger charge is -2.10. The highest BCUT2D eigenvalue weighted by atomic mass is 35.5. The molecule has 7 nitrogen and oxygen atoms in total. The van der Waals surface area contributed by atoms with Crippen molar-refractivity contribution in [3.63, 3.8) is 0 Å². The van der Waals surface area contributed by atoms with Crippen molar-refractivity contribution in [2.24, 2.45) is 0 Å². The number of ether oxygens (including phenoxy) is 1. The number of aromatic nitrogens is 4. The fourth-order valence-corrected chi connectivity index (χ4v) is 3.74. The van der Waals surface area contributed by atoms with Crippen LogP contribution in [-0.2, 0) is 13.3 Å². The van der Waals surface area contributed by atoms with Crippen LogP contribution in [0.5, 0.6) is 5.75 Å². The number of carbonyl (C=O) groups excluding carboxylic acids is 1. The number of rotatable bonds is 7. The van der Waals surface area contributed by atoms with Crippen molar-refractivity contribution in [3.8, 4) is 5.75 Å². The number of halogens is 4. The molecule has 2 aromatic carbocycles. The third-order valence-corrected chi connectivity index (χ3v) is 5.60. The van der Waals surface area contributed by atoms with Crippen molar-refractivity contribution in [2.75, 3.05) is 5.32 Å². The molecule has 1 N–H and O–H groups in total. The Bertz CT molecular complexity index is 1270. The normalized spacial score (nSPS) is 10.9. The highest BCUT2D eigenvalue weighted by Crippen LogP contribution is 2.25. The summed E-state index contributed by atoms with van der Waals surface area (Å²) in [5.74, 6) is 0.252. The van der Waals surface area contributed by atoms with Crippen LogP contribution in [0.3, 0.4) is 0 Å². The van der Waals surface area contributed by atoms with E-state index in [2.05, 4.69) is 15.5 Å². The Balaban J connectivity index is 1.45. The highest BCUT2D eigenvalue weighted by molar-refractivity contribution is 6.35. The lowest BCUT2D eigenvalue weighted by Crippen LogP contribution is -2.20. The maximum atomic E-state index is 12.8. The van der Waals surface area contributed by atoms with Gasteiger partial charge in [0.25, 0.3) is 5.91 Å². The molecule has 0 aliphatic carbocycles. The number of nitrogens with one attached hydrogen (secondary N) is 1. The van der Waals surface area contributed by atoms with Gasteiger partial charge in [-0.15, -0.1) is 0 Å². The maximum absolute atomic E-state index is 12.8. The molecule has 164 valence electrons. The van der Waals surface area contributed by atoms with E-state index < -0.39 is 5.91 Å². The Hall–Kier alpha value is -2.71. The number of amides is 1. The van der Waals surface area contributed by atoms with Crippen molar-refractivity contribution in [2.45, 2.75) is 13.3 Å². The molecule has 1 amide bonds. The van der Waals surface area contributed by atoms with E-state index in [-0.39, 0.29) is 23.3 Å². The van der Waals surface area contributed by atoms with Gasteiger partial charge in [-0.3, -0.25) is 9.48 Å². The molecule has 0 saturated heterocycles. The SMILES string of the molecule is O=C(Nc1nn(Cc2ccc(Cl)cc2Cl)cc1Cl)c1ccnn1COc1ccccc1Cl. The van der Waals surface area contributed by atoms with Gasteiger partial charge in [0.2, 0.25) is 0 Å². The van der Waals surface area contributed by atoms with Crippen LogP contribution in [0.15, 0.2) is 60.9 Å². The molecular weight excluding hydrogens is 496 g/mol. The Morgan fingerprint density at radius 1 is 1.00 bits per heavy atom. The number of hydrogen-bond acceptors (Lipinski definition) is 4. The molecule has 4 aromatic rings. The summed E-state index contributed by atoms with van der Waals surface area (Å²) in [6, 6.07) is 13.8. The summed E-state index contributed by atoms with van der Waals surface area (Å²) in [7, 11) is 0. The summed E-state index contributed by atoms with van der Waals surface area (Å²) >= 11 is 24.5. The van der Waals surface area contributed by atoms with E-state index in [0.29, 0.717) is 27.4 Å². The third-order valence-electron chi connectivity index (χ3n) is 4.42. The summed E-state index contributed by atoms with van der Waals surface area (Å²) in [5, 5.41) is 13.0. The molecule has 0 aliphatic rings. The zero-order valence-corrected chi connectivity index (χ0v) is 19.3. The van der Waals surface area contributed by atoms with Crippen molar-refractivity contribution in [1.29, 1.82) is 0 Å². The van der Waals surface area contributed by atoms with Gasteiger partial charge in [0, 0.05) is 22.4 Å². The second-order valence-corrected chi connectivity index (χ2v) is 8.29. The van der Waals surface area contributed by atoms with Gasteiger partial charge in [-0.25, -0.2) is 4.68 Å². The number of carbonyl (C=O) groups is 1. The van der Waals surface area contributed by atoms with Gasteiger partial charge in [-0.1, -0.05) is 64.6 Å². The lowest BCUT2D eigenvalue weighted by molar-refractivity contribution is 0.100. The van der Waals surface area contributed by atoms with Gasteiger partial charge in [0.1, 0.15) is 16.5 Å². The maximum Gasteiger partial charge on any atom is 0.275 e. The van der Waals surface area contributed by atoms with E-state index in [1.54, 1.807) is 59.4 Å². The largest absolute Gasteiger partial charge is 0.470 e. The lowest BCUT2D eigenvalue weighted by atomic mass is 10.2. The molecule has 0 fully saturated rings. The highest BCUT2D eigenvalue weighted by Gasteiger charge is 2.17. The van der Waals surface area contributed by atoms with Crippen LogP contribution in [-0.4, -0.2) is 25.5 Å². The zero-order valence-electron chi connectivity index (χ0n) is 16.3. The van der Waals surface area contributed by atoms with Gasteiger partial charge >= 0.3 is 0 Å². The first-order valence-corrected chi connectivity index (χ1v) is 10.8. The monoisotopic (exact) mass is 509 g/mol. The van der Waals surface area contributed by atoms with Crippen LogP contribution in [0, 0.1) is 0 Å². The minimum absolute atomic E-state index is 0.00325. The van der Waals surface area contributed by atoms with Crippen LogP contribution in [0.4, 0.5) is 5.82 Å². The summed E-state index contributed by atoms with van der Waals surface area (Å²) < 4.78 is 8.63.